The molecule has 2 N–H and O–H groups in total. The lowest BCUT2D eigenvalue weighted by atomic mass is 10.0. The maximum absolute atomic E-state index is 12.2. The molecule has 0 saturated carbocycles. The standard InChI is InChI=1S/C18H23N3O6S/c1-11(2)14-7-5-6-8-15(14)20-16(22)10-26-17(23)9-19-28(24,25)18-12(3)21-27-13(18)4/h5-8,11,19H,9-10H2,1-4H3,(H,20,22). The van der Waals surface area contributed by atoms with Gasteiger partial charge in [0, 0.05) is 5.69 Å². The highest BCUT2D eigenvalue weighted by molar-refractivity contribution is 7.89. The molecule has 28 heavy (non-hydrogen) atoms. The number of nitrogens with one attached hydrogen (secondary N) is 2. The van der Waals surface area contributed by atoms with Gasteiger partial charge in [0.05, 0.1) is 0 Å². The lowest BCUT2D eigenvalue weighted by molar-refractivity contribution is -0.146. The molecule has 0 aliphatic carbocycles. The van der Waals surface area contributed by atoms with E-state index >= 15 is 0 Å². The minimum Gasteiger partial charge on any atom is -0.455 e. The number of anilines is 1. The summed E-state index contributed by atoms with van der Waals surface area (Å²) in [6.45, 7) is 5.77. The van der Waals surface area contributed by atoms with Crippen molar-refractivity contribution in [2.75, 3.05) is 18.5 Å². The normalized spacial score (nSPS) is 11.5. The zero-order valence-electron chi connectivity index (χ0n) is 16.1. The third kappa shape index (κ3) is 5.40. The molecule has 1 heterocycles. The second kappa shape index (κ2) is 8.98. The Bertz CT molecular complexity index is 946. The Morgan fingerprint density at radius 2 is 1.89 bits per heavy atom. The number of hydrogen-bond donors (Lipinski definition) is 2. The third-order valence-corrected chi connectivity index (χ3v) is 5.51. The largest absolute Gasteiger partial charge is 0.455 e. The first kappa shape index (κ1) is 21.6. The molecule has 0 fully saturated rings. The molecule has 9 nitrogen and oxygen atoms in total. The molecule has 10 heteroatoms. The van der Waals surface area contributed by atoms with Crippen LogP contribution in [0.25, 0.3) is 0 Å². The summed E-state index contributed by atoms with van der Waals surface area (Å²) < 4.78 is 36.2. The third-order valence-electron chi connectivity index (χ3n) is 3.86. The van der Waals surface area contributed by atoms with Crippen molar-refractivity contribution >= 4 is 27.6 Å². The lowest BCUT2D eigenvalue weighted by Gasteiger charge is -2.13. The molecular weight excluding hydrogens is 386 g/mol. The van der Waals surface area contributed by atoms with Gasteiger partial charge in [-0.25, -0.2) is 8.42 Å². The highest BCUT2D eigenvalue weighted by Crippen LogP contribution is 2.23. The Hall–Kier alpha value is -2.72. The molecule has 0 radical (unpaired) electrons. The van der Waals surface area contributed by atoms with Gasteiger partial charge in [-0.05, 0) is 31.4 Å². The van der Waals surface area contributed by atoms with Gasteiger partial charge < -0.3 is 14.6 Å². The van der Waals surface area contributed by atoms with Crippen LogP contribution in [0.2, 0.25) is 0 Å². The molecule has 1 amide bonds. The number of ether oxygens (including phenoxy) is 1. The zero-order valence-corrected chi connectivity index (χ0v) is 16.9. The fraction of sp³-hybridized carbons (Fsp3) is 0.389. The first-order valence-electron chi connectivity index (χ1n) is 8.58. The van der Waals surface area contributed by atoms with Crippen LogP contribution in [-0.4, -0.2) is 38.6 Å². The van der Waals surface area contributed by atoms with Crippen molar-refractivity contribution in [2.24, 2.45) is 0 Å². The second-order valence-electron chi connectivity index (χ2n) is 6.43. The second-order valence-corrected chi connectivity index (χ2v) is 8.13. The predicted octanol–water partition coefficient (Wildman–Crippen LogP) is 1.88. The van der Waals surface area contributed by atoms with Gasteiger partial charge in [-0.1, -0.05) is 37.2 Å². The molecule has 0 atom stereocenters. The minimum absolute atomic E-state index is 0.113. The van der Waals surface area contributed by atoms with Crippen molar-refractivity contribution in [3.05, 3.63) is 41.3 Å². The van der Waals surface area contributed by atoms with Crippen LogP contribution in [0.4, 0.5) is 5.69 Å². The number of esters is 1. The molecule has 0 unspecified atom stereocenters. The molecule has 0 bridgehead atoms. The first-order chi connectivity index (χ1) is 13.1. The smallest absolute Gasteiger partial charge is 0.321 e. The van der Waals surface area contributed by atoms with E-state index in [1.54, 1.807) is 12.1 Å². The molecule has 0 aliphatic rings. The van der Waals surface area contributed by atoms with Crippen LogP contribution < -0.4 is 10.0 Å². The average Bonchev–Trinajstić information content (AvgIpc) is 2.97. The van der Waals surface area contributed by atoms with Gasteiger partial charge >= 0.3 is 5.97 Å². The Kier molecular flexibility index (Phi) is 6.92. The maximum atomic E-state index is 12.2. The number of sulfonamides is 1. The van der Waals surface area contributed by atoms with Crippen LogP contribution in [0.1, 0.15) is 36.8 Å². The van der Waals surface area contributed by atoms with Gasteiger partial charge in [0.1, 0.15) is 17.1 Å². The predicted molar refractivity (Wildman–Crippen MR) is 101 cm³/mol. The monoisotopic (exact) mass is 409 g/mol. The van der Waals surface area contributed by atoms with E-state index in [0.29, 0.717) is 5.69 Å². The van der Waals surface area contributed by atoms with Crippen molar-refractivity contribution in [3.8, 4) is 0 Å². The molecule has 1 aromatic carbocycles. The van der Waals surface area contributed by atoms with Gasteiger partial charge in [-0.2, -0.15) is 4.72 Å². The number of rotatable bonds is 8. The summed E-state index contributed by atoms with van der Waals surface area (Å²) in [5.74, 6) is -1.09. The number of aryl methyl sites for hydroxylation is 2. The van der Waals surface area contributed by atoms with Gasteiger partial charge in [-0.3, -0.25) is 9.59 Å². The van der Waals surface area contributed by atoms with Crippen molar-refractivity contribution in [3.63, 3.8) is 0 Å². The number of benzene rings is 1. The number of amides is 1. The molecule has 152 valence electrons. The Labute approximate surface area is 163 Å². The van der Waals surface area contributed by atoms with Crippen molar-refractivity contribution in [1.29, 1.82) is 0 Å². The van der Waals surface area contributed by atoms with E-state index in [4.69, 9.17) is 9.26 Å². The first-order valence-corrected chi connectivity index (χ1v) is 10.1. The van der Waals surface area contributed by atoms with Crippen LogP contribution in [0, 0.1) is 13.8 Å². The van der Waals surface area contributed by atoms with Crippen LogP contribution in [0.15, 0.2) is 33.7 Å². The number of para-hydroxylation sites is 1. The van der Waals surface area contributed by atoms with E-state index in [0.717, 1.165) is 5.56 Å². The van der Waals surface area contributed by atoms with Gasteiger partial charge in [-0.15, -0.1) is 0 Å². The van der Waals surface area contributed by atoms with E-state index in [1.807, 2.05) is 26.0 Å². The summed E-state index contributed by atoms with van der Waals surface area (Å²) in [6, 6.07) is 7.32. The van der Waals surface area contributed by atoms with E-state index < -0.39 is 35.1 Å². The summed E-state index contributed by atoms with van der Waals surface area (Å²) >= 11 is 0. The van der Waals surface area contributed by atoms with Crippen molar-refractivity contribution in [1.82, 2.24) is 9.88 Å². The molecule has 1 aromatic heterocycles. The van der Waals surface area contributed by atoms with E-state index in [-0.39, 0.29) is 22.3 Å². The average molecular weight is 409 g/mol. The fourth-order valence-electron chi connectivity index (χ4n) is 2.58. The van der Waals surface area contributed by atoms with Crippen molar-refractivity contribution in [2.45, 2.75) is 38.5 Å². The summed E-state index contributed by atoms with van der Waals surface area (Å²) in [5, 5.41) is 6.25. The molecule has 0 saturated heterocycles. The highest BCUT2D eigenvalue weighted by atomic mass is 32.2. The zero-order chi connectivity index (χ0) is 20.9. The summed E-state index contributed by atoms with van der Waals surface area (Å²) in [7, 11) is -3.98. The Morgan fingerprint density at radius 3 is 2.50 bits per heavy atom. The number of carbonyl (C=O) groups excluding carboxylic acids is 2. The van der Waals surface area contributed by atoms with Crippen LogP contribution in [0.5, 0.6) is 0 Å². The molecule has 0 aliphatic heterocycles. The SMILES string of the molecule is Cc1noc(C)c1S(=O)(=O)NCC(=O)OCC(=O)Nc1ccccc1C(C)C. The quantitative estimate of drug-likeness (QED) is 0.637. The van der Waals surface area contributed by atoms with Crippen molar-refractivity contribution < 1.29 is 27.3 Å². The Balaban J connectivity index is 1.87. The topological polar surface area (TPSA) is 128 Å². The van der Waals surface area contributed by atoms with Crippen LogP contribution in [0.3, 0.4) is 0 Å². The highest BCUT2D eigenvalue weighted by Gasteiger charge is 2.25. The number of nitrogens with zero attached hydrogens (tertiary/aromatic N) is 1. The summed E-state index contributed by atoms with van der Waals surface area (Å²) in [6.07, 6.45) is 0. The summed E-state index contributed by atoms with van der Waals surface area (Å²) in [4.78, 5) is 23.7. The maximum Gasteiger partial charge on any atom is 0.321 e. The van der Waals surface area contributed by atoms with Gasteiger partial charge in [0.15, 0.2) is 12.4 Å². The van der Waals surface area contributed by atoms with Gasteiger partial charge in [0.2, 0.25) is 10.0 Å². The van der Waals surface area contributed by atoms with E-state index in [1.165, 1.54) is 13.8 Å². The van der Waals surface area contributed by atoms with E-state index in [2.05, 4.69) is 15.2 Å². The number of hydrogen-bond acceptors (Lipinski definition) is 7. The summed E-state index contributed by atoms with van der Waals surface area (Å²) in [5.41, 5.74) is 1.77. The minimum atomic E-state index is -3.98. The van der Waals surface area contributed by atoms with Crippen LogP contribution in [-0.2, 0) is 24.3 Å². The fourth-order valence-corrected chi connectivity index (χ4v) is 3.88. The molecule has 0 spiro atoms. The van der Waals surface area contributed by atoms with Crippen LogP contribution >= 0.6 is 0 Å². The molecule has 2 aromatic rings. The number of carbonyl (C=O) groups is 2. The number of aromatic nitrogens is 1. The van der Waals surface area contributed by atoms with E-state index in [9.17, 15) is 18.0 Å². The van der Waals surface area contributed by atoms with Gasteiger partial charge in [0.25, 0.3) is 5.91 Å². The molecule has 2 rings (SSSR count). The Morgan fingerprint density at radius 1 is 1.21 bits per heavy atom. The lowest BCUT2D eigenvalue weighted by Crippen LogP contribution is -2.32. The molecular formula is C18H23N3O6S.